The normalized spacial score (nSPS) is 14.0. The lowest BCUT2D eigenvalue weighted by Crippen LogP contribution is -2.40. The zero-order chi connectivity index (χ0) is 12.6. The van der Waals surface area contributed by atoms with Crippen molar-refractivity contribution in [2.45, 2.75) is 39.7 Å². The Balaban J connectivity index is 3.65. The Bertz CT molecular complexity index is 229. The molecular weight excluding hydrogens is 206 g/mol. The second kappa shape index (κ2) is 8.10. The smallest absolute Gasteiger partial charge is 0.224 e. The fourth-order valence-corrected chi connectivity index (χ4v) is 1.05. The maximum Gasteiger partial charge on any atom is 0.224 e. The zero-order valence-corrected chi connectivity index (χ0v) is 10.4. The molecule has 0 bridgehead atoms. The molecule has 0 aliphatic rings. The molecule has 0 aromatic heterocycles. The van der Waals surface area contributed by atoms with Gasteiger partial charge in [-0.15, -0.1) is 0 Å². The Labute approximate surface area is 97.2 Å². The summed E-state index contributed by atoms with van der Waals surface area (Å²) in [7, 11) is 0. The molecule has 0 rings (SSSR count). The van der Waals surface area contributed by atoms with Crippen LogP contribution in [-0.4, -0.2) is 30.9 Å². The van der Waals surface area contributed by atoms with Crippen molar-refractivity contribution >= 4 is 11.8 Å². The molecule has 2 unspecified atom stereocenters. The molecule has 4 N–H and O–H groups in total. The van der Waals surface area contributed by atoms with Crippen LogP contribution in [-0.2, 0) is 9.59 Å². The first-order valence-corrected chi connectivity index (χ1v) is 5.79. The van der Waals surface area contributed by atoms with Crippen LogP contribution >= 0.6 is 0 Å². The first-order chi connectivity index (χ1) is 7.49. The molecule has 0 aromatic rings. The van der Waals surface area contributed by atoms with Crippen LogP contribution in [0.4, 0.5) is 0 Å². The summed E-state index contributed by atoms with van der Waals surface area (Å²) in [4.78, 5) is 22.7. The van der Waals surface area contributed by atoms with Gasteiger partial charge in [0.2, 0.25) is 11.8 Å². The Kier molecular flexibility index (Phi) is 7.54. The highest BCUT2D eigenvalue weighted by Crippen LogP contribution is 1.98. The average molecular weight is 229 g/mol. The van der Waals surface area contributed by atoms with Crippen LogP contribution in [0.3, 0.4) is 0 Å². The van der Waals surface area contributed by atoms with Crippen molar-refractivity contribution in [2.75, 3.05) is 13.1 Å². The van der Waals surface area contributed by atoms with Gasteiger partial charge < -0.3 is 16.4 Å². The van der Waals surface area contributed by atoms with Gasteiger partial charge in [0, 0.05) is 31.5 Å². The highest BCUT2D eigenvalue weighted by Gasteiger charge is 2.16. The fraction of sp³-hybridized carbons (Fsp3) is 0.818. The molecule has 0 heterocycles. The summed E-state index contributed by atoms with van der Waals surface area (Å²) >= 11 is 0. The Morgan fingerprint density at radius 1 is 1.19 bits per heavy atom. The van der Waals surface area contributed by atoms with E-state index in [1.807, 2.05) is 6.92 Å². The van der Waals surface area contributed by atoms with E-state index in [-0.39, 0.29) is 23.8 Å². The predicted molar refractivity (Wildman–Crippen MR) is 63.7 cm³/mol. The molecule has 5 nitrogen and oxygen atoms in total. The minimum Gasteiger partial charge on any atom is -0.356 e. The van der Waals surface area contributed by atoms with Gasteiger partial charge in [0.1, 0.15) is 0 Å². The van der Waals surface area contributed by atoms with Crippen LogP contribution in [0.1, 0.15) is 33.6 Å². The maximum atomic E-state index is 11.5. The van der Waals surface area contributed by atoms with E-state index in [2.05, 4.69) is 10.6 Å². The van der Waals surface area contributed by atoms with Crippen molar-refractivity contribution in [1.82, 2.24) is 10.6 Å². The van der Waals surface area contributed by atoms with Gasteiger partial charge in [-0.2, -0.15) is 0 Å². The Morgan fingerprint density at radius 3 is 2.31 bits per heavy atom. The van der Waals surface area contributed by atoms with Gasteiger partial charge in [0.05, 0.1) is 0 Å². The summed E-state index contributed by atoms with van der Waals surface area (Å²) in [5.74, 6) is -0.354. The SMILES string of the molecule is CCCNC(=O)CCNC(=O)C(C)C(C)N. The summed E-state index contributed by atoms with van der Waals surface area (Å²) in [6.45, 7) is 6.61. The number of rotatable bonds is 7. The van der Waals surface area contributed by atoms with E-state index in [1.165, 1.54) is 0 Å². The lowest BCUT2D eigenvalue weighted by atomic mass is 10.0. The van der Waals surface area contributed by atoms with Crippen molar-refractivity contribution in [3.63, 3.8) is 0 Å². The van der Waals surface area contributed by atoms with Crippen LogP contribution in [0, 0.1) is 5.92 Å². The van der Waals surface area contributed by atoms with Gasteiger partial charge in [0.25, 0.3) is 0 Å². The first kappa shape index (κ1) is 14.9. The van der Waals surface area contributed by atoms with Crippen molar-refractivity contribution < 1.29 is 9.59 Å². The molecule has 0 radical (unpaired) electrons. The van der Waals surface area contributed by atoms with E-state index >= 15 is 0 Å². The highest BCUT2D eigenvalue weighted by molar-refractivity contribution is 5.80. The molecule has 0 saturated carbocycles. The lowest BCUT2D eigenvalue weighted by molar-refractivity contribution is -0.125. The summed E-state index contributed by atoms with van der Waals surface area (Å²) in [6, 6.07) is -0.172. The minimum absolute atomic E-state index is 0.0319. The largest absolute Gasteiger partial charge is 0.356 e. The summed E-state index contributed by atoms with van der Waals surface area (Å²) < 4.78 is 0. The van der Waals surface area contributed by atoms with E-state index in [0.717, 1.165) is 6.42 Å². The van der Waals surface area contributed by atoms with Crippen molar-refractivity contribution in [1.29, 1.82) is 0 Å². The van der Waals surface area contributed by atoms with Gasteiger partial charge in [-0.25, -0.2) is 0 Å². The molecule has 2 atom stereocenters. The van der Waals surface area contributed by atoms with E-state index in [1.54, 1.807) is 13.8 Å². The number of nitrogens with two attached hydrogens (primary N) is 1. The second-order valence-electron chi connectivity index (χ2n) is 4.04. The number of amides is 2. The number of hydrogen-bond acceptors (Lipinski definition) is 3. The maximum absolute atomic E-state index is 11.5. The number of hydrogen-bond donors (Lipinski definition) is 3. The molecular formula is C11H23N3O2. The molecule has 0 saturated heterocycles. The van der Waals surface area contributed by atoms with Crippen LogP contribution < -0.4 is 16.4 Å². The van der Waals surface area contributed by atoms with Crippen LogP contribution in [0.25, 0.3) is 0 Å². The lowest BCUT2D eigenvalue weighted by Gasteiger charge is -2.15. The van der Waals surface area contributed by atoms with Gasteiger partial charge in [-0.3, -0.25) is 9.59 Å². The van der Waals surface area contributed by atoms with Gasteiger partial charge in [-0.05, 0) is 13.3 Å². The topological polar surface area (TPSA) is 84.2 Å². The van der Waals surface area contributed by atoms with E-state index < -0.39 is 0 Å². The Hall–Kier alpha value is -1.10. The van der Waals surface area contributed by atoms with Crippen LogP contribution in [0.5, 0.6) is 0 Å². The highest BCUT2D eigenvalue weighted by atomic mass is 16.2. The van der Waals surface area contributed by atoms with Crippen LogP contribution in [0.2, 0.25) is 0 Å². The third-order valence-electron chi connectivity index (χ3n) is 2.43. The number of carbonyl (C=O) groups is 2. The molecule has 0 spiro atoms. The molecule has 0 aliphatic carbocycles. The molecule has 16 heavy (non-hydrogen) atoms. The predicted octanol–water partition coefficient (Wildman–Crippen LogP) is 0.00220. The van der Waals surface area contributed by atoms with E-state index in [4.69, 9.17) is 5.73 Å². The summed E-state index contributed by atoms with van der Waals surface area (Å²) in [6.07, 6.45) is 1.23. The fourth-order valence-electron chi connectivity index (χ4n) is 1.05. The number of carbonyl (C=O) groups excluding carboxylic acids is 2. The average Bonchev–Trinajstić information content (AvgIpc) is 2.24. The molecule has 0 aromatic carbocycles. The van der Waals surface area contributed by atoms with E-state index in [9.17, 15) is 9.59 Å². The van der Waals surface area contributed by atoms with Crippen molar-refractivity contribution in [3.05, 3.63) is 0 Å². The van der Waals surface area contributed by atoms with Crippen molar-refractivity contribution in [3.8, 4) is 0 Å². The van der Waals surface area contributed by atoms with Gasteiger partial charge in [0.15, 0.2) is 0 Å². The van der Waals surface area contributed by atoms with Gasteiger partial charge >= 0.3 is 0 Å². The molecule has 0 aliphatic heterocycles. The van der Waals surface area contributed by atoms with Gasteiger partial charge in [-0.1, -0.05) is 13.8 Å². The first-order valence-electron chi connectivity index (χ1n) is 5.79. The molecule has 5 heteroatoms. The Morgan fingerprint density at radius 2 is 1.81 bits per heavy atom. The van der Waals surface area contributed by atoms with E-state index in [0.29, 0.717) is 19.5 Å². The standard InChI is InChI=1S/C11H23N3O2/c1-4-6-13-10(15)5-7-14-11(16)8(2)9(3)12/h8-9H,4-7,12H2,1-3H3,(H,13,15)(H,14,16). The monoisotopic (exact) mass is 229 g/mol. The minimum atomic E-state index is -0.223. The summed E-state index contributed by atoms with van der Waals surface area (Å²) in [5.41, 5.74) is 5.59. The van der Waals surface area contributed by atoms with Crippen molar-refractivity contribution in [2.24, 2.45) is 11.7 Å². The molecule has 94 valence electrons. The third kappa shape index (κ3) is 6.40. The third-order valence-corrected chi connectivity index (χ3v) is 2.43. The molecule has 2 amide bonds. The van der Waals surface area contributed by atoms with Crippen LogP contribution in [0.15, 0.2) is 0 Å². The molecule has 0 fully saturated rings. The number of nitrogens with one attached hydrogen (secondary N) is 2. The quantitative estimate of drug-likeness (QED) is 0.574. The second-order valence-corrected chi connectivity index (χ2v) is 4.04. The zero-order valence-electron chi connectivity index (χ0n) is 10.4. The summed E-state index contributed by atoms with van der Waals surface area (Å²) in [5, 5.41) is 5.43.